The van der Waals surface area contributed by atoms with Crippen molar-refractivity contribution < 1.29 is 8.42 Å². The molecule has 0 fully saturated rings. The van der Waals surface area contributed by atoms with Crippen LogP contribution in [0.4, 0.5) is 11.4 Å². The Morgan fingerprint density at radius 2 is 2.00 bits per heavy atom. The summed E-state index contributed by atoms with van der Waals surface area (Å²) >= 11 is 0. The van der Waals surface area contributed by atoms with Gasteiger partial charge in [-0.15, -0.1) is 0 Å². The van der Waals surface area contributed by atoms with Crippen molar-refractivity contribution in [1.82, 2.24) is 0 Å². The van der Waals surface area contributed by atoms with Gasteiger partial charge in [0, 0.05) is 14.1 Å². The molecule has 1 N–H and O–H groups in total. The molecule has 0 spiro atoms. The van der Waals surface area contributed by atoms with Crippen LogP contribution < -0.4 is 9.62 Å². The van der Waals surface area contributed by atoms with E-state index in [2.05, 4.69) is 4.72 Å². The van der Waals surface area contributed by atoms with Crippen LogP contribution in [-0.4, -0.2) is 27.8 Å². The van der Waals surface area contributed by atoms with Crippen molar-refractivity contribution in [2.45, 2.75) is 18.6 Å². The SMILES string of the molecule is CCC(C#N)S(=O)(=O)Nc1ccccc1N(C)C. The summed E-state index contributed by atoms with van der Waals surface area (Å²) in [6, 6.07) is 8.86. The summed E-state index contributed by atoms with van der Waals surface area (Å²) in [6.45, 7) is 1.67. The first kappa shape index (κ1) is 14.3. The van der Waals surface area contributed by atoms with Crippen LogP contribution in [0.2, 0.25) is 0 Å². The van der Waals surface area contributed by atoms with E-state index in [0.717, 1.165) is 5.69 Å². The van der Waals surface area contributed by atoms with E-state index in [1.807, 2.05) is 31.1 Å². The molecule has 1 rings (SSSR count). The number of hydrogen-bond donors (Lipinski definition) is 1. The molecule has 6 heteroatoms. The van der Waals surface area contributed by atoms with Gasteiger partial charge in [0.25, 0.3) is 0 Å². The van der Waals surface area contributed by atoms with Crippen molar-refractivity contribution in [3.8, 4) is 6.07 Å². The maximum Gasteiger partial charge on any atom is 0.249 e. The third-order valence-electron chi connectivity index (χ3n) is 2.53. The molecule has 98 valence electrons. The molecule has 5 nitrogen and oxygen atoms in total. The average molecular weight is 267 g/mol. The lowest BCUT2D eigenvalue weighted by atomic mass is 10.2. The molecule has 1 atom stereocenters. The quantitative estimate of drug-likeness (QED) is 0.882. The zero-order chi connectivity index (χ0) is 13.8. The first-order chi connectivity index (χ1) is 8.42. The lowest BCUT2D eigenvalue weighted by molar-refractivity contribution is 0.593. The Balaban J connectivity index is 3.09. The molecule has 0 aliphatic carbocycles. The molecule has 1 aromatic rings. The van der Waals surface area contributed by atoms with E-state index in [4.69, 9.17) is 5.26 Å². The number of nitriles is 1. The Kier molecular flexibility index (Phi) is 4.56. The first-order valence-corrected chi connectivity index (χ1v) is 7.14. The molecular weight excluding hydrogens is 250 g/mol. The van der Waals surface area contributed by atoms with Gasteiger partial charge in [0.05, 0.1) is 17.4 Å². The van der Waals surface area contributed by atoms with Gasteiger partial charge in [-0.1, -0.05) is 19.1 Å². The summed E-state index contributed by atoms with van der Waals surface area (Å²) in [5, 5.41) is 7.80. The topological polar surface area (TPSA) is 73.2 Å². The minimum Gasteiger partial charge on any atom is -0.376 e. The van der Waals surface area contributed by atoms with Crippen LogP contribution in [0.3, 0.4) is 0 Å². The standard InChI is InChI=1S/C12H17N3O2S/c1-4-10(9-13)18(16,17)14-11-7-5-6-8-12(11)15(2)3/h5-8,10,14H,4H2,1-3H3. The van der Waals surface area contributed by atoms with E-state index in [0.29, 0.717) is 5.69 Å². The van der Waals surface area contributed by atoms with Gasteiger partial charge in [0.15, 0.2) is 5.25 Å². The fourth-order valence-corrected chi connectivity index (χ4v) is 2.75. The predicted octanol–water partition coefficient (Wildman–Crippen LogP) is 1.80. The number of sulfonamides is 1. The van der Waals surface area contributed by atoms with E-state index in [1.54, 1.807) is 25.1 Å². The Morgan fingerprint density at radius 1 is 1.39 bits per heavy atom. The molecule has 0 saturated heterocycles. The minimum absolute atomic E-state index is 0.260. The summed E-state index contributed by atoms with van der Waals surface area (Å²) in [4.78, 5) is 1.81. The van der Waals surface area contributed by atoms with Gasteiger partial charge in [0.1, 0.15) is 0 Å². The minimum atomic E-state index is -3.67. The van der Waals surface area contributed by atoms with Crippen molar-refractivity contribution >= 4 is 21.4 Å². The Labute approximate surface area is 108 Å². The molecule has 0 aliphatic rings. The summed E-state index contributed by atoms with van der Waals surface area (Å²) < 4.78 is 26.4. The van der Waals surface area contributed by atoms with Gasteiger partial charge in [-0.25, -0.2) is 8.42 Å². The molecule has 0 saturated carbocycles. The summed E-state index contributed by atoms with van der Waals surface area (Å²) in [5.41, 5.74) is 1.24. The molecular formula is C12H17N3O2S. The average Bonchev–Trinajstić information content (AvgIpc) is 2.29. The number of para-hydroxylation sites is 2. The highest BCUT2D eigenvalue weighted by molar-refractivity contribution is 7.93. The number of nitrogens with one attached hydrogen (secondary N) is 1. The highest BCUT2D eigenvalue weighted by Crippen LogP contribution is 2.25. The molecule has 0 bridgehead atoms. The van der Waals surface area contributed by atoms with Crippen LogP contribution in [0.15, 0.2) is 24.3 Å². The zero-order valence-electron chi connectivity index (χ0n) is 10.7. The van der Waals surface area contributed by atoms with Crippen molar-refractivity contribution in [3.05, 3.63) is 24.3 Å². The van der Waals surface area contributed by atoms with Crippen molar-refractivity contribution in [3.63, 3.8) is 0 Å². The van der Waals surface area contributed by atoms with E-state index in [1.165, 1.54) is 0 Å². The second-order valence-electron chi connectivity index (χ2n) is 4.08. The van der Waals surface area contributed by atoms with Crippen LogP contribution in [-0.2, 0) is 10.0 Å². The van der Waals surface area contributed by atoms with Crippen molar-refractivity contribution in [1.29, 1.82) is 5.26 Å². The van der Waals surface area contributed by atoms with Crippen molar-refractivity contribution in [2.24, 2.45) is 0 Å². The molecule has 1 aromatic carbocycles. The van der Waals surface area contributed by atoms with Gasteiger partial charge >= 0.3 is 0 Å². The Morgan fingerprint density at radius 3 is 2.50 bits per heavy atom. The third-order valence-corrected chi connectivity index (χ3v) is 4.22. The molecule has 18 heavy (non-hydrogen) atoms. The smallest absolute Gasteiger partial charge is 0.249 e. The van der Waals surface area contributed by atoms with Crippen LogP contribution in [0, 0.1) is 11.3 Å². The molecule has 0 amide bonds. The molecule has 1 unspecified atom stereocenters. The molecule has 0 aliphatic heterocycles. The number of anilines is 2. The predicted molar refractivity (Wildman–Crippen MR) is 73.0 cm³/mol. The van der Waals surface area contributed by atoms with Gasteiger partial charge in [-0.2, -0.15) is 5.26 Å². The first-order valence-electron chi connectivity index (χ1n) is 5.60. The Bertz CT molecular complexity index is 547. The van der Waals surface area contributed by atoms with Gasteiger partial charge in [0.2, 0.25) is 10.0 Å². The monoisotopic (exact) mass is 267 g/mol. The van der Waals surface area contributed by atoms with Crippen LogP contribution in [0.25, 0.3) is 0 Å². The normalized spacial score (nSPS) is 12.6. The van der Waals surface area contributed by atoms with E-state index < -0.39 is 15.3 Å². The van der Waals surface area contributed by atoms with Crippen LogP contribution >= 0.6 is 0 Å². The highest BCUT2D eigenvalue weighted by atomic mass is 32.2. The largest absolute Gasteiger partial charge is 0.376 e. The number of benzene rings is 1. The van der Waals surface area contributed by atoms with Gasteiger partial charge in [-0.05, 0) is 18.6 Å². The molecule has 0 aromatic heterocycles. The number of rotatable bonds is 5. The fourth-order valence-electron chi connectivity index (χ4n) is 1.55. The Hall–Kier alpha value is -1.74. The second kappa shape index (κ2) is 5.74. The highest BCUT2D eigenvalue weighted by Gasteiger charge is 2.24. The zero-order valence-corrected chi connectivity index (χ0v) is 11.5. The number of nitrogens with zero attached hydrogens (tertiary/aromatic N) is 2. The molecule has 0 radical (unpaired) electrons. The second-order valence-corrected chi connectivity index (χ2v) is 5.95. The van der Waals surface area contributed by atoms with E-state index in [-0.39, 0.29) is 6.42 Å². The van der Waals surface area contributed by atoms with Crippen LogP contribution in [0.1, 0.15) is 13.3 Å². The van der Waals surface area contributed by atoms with E-state index in [9.17, 15) is 8.42 Å². The van der Waals surface area contributed by atoms with Gasteiger partial charge in [-0.3, -0.25) is 4.72 Å². The maximum absolute atomic E-state index is 12.0. The summed E-state index contributed by atoms with van der Waals surface area (Å²) in [6.07, 6.45) is 0.260. The number of hydrogen-bond acceptors (Lipinski definition) is 4. The summed E-state index contributed by atoms with van der Waals surface area (Å²) in [7, 11) is -0.0131. The van der Waals surface area contributed by atoms with Gasteiger partial charge < -0.3 is 4.90 Å². The lowest BCUT2D eigenvalue weighted by Crippen LogP contribution is -2.26. The van der Waals surface area contributed by atoms with Crippen molar-refractivity contribution in [2.75, 3.05) is 23.7 Å². The van der Waals surface area contributed by atoms with E-state index >= 15 is 0 Å². The van der Waals surface area contributed by atoms with Crippen LogP contribution in [0.5, 0.6) is 0 Å². The molecule has 0 heterocycles. The summed E-state index contributed by atoms with van der Waals surface area (Å²) in [5.74, 6) is 0. The maximum atomic E-state index is 12.0. The lowest BCUT2D eigenvalue weighted by Gasteiger charge is -2.19. The third kappa shape index (κ3) is 3.14. The fraction of sp³-hybridized carbons (Fsp3) is 0.417.